The maximum atomic E-state index is 6.14. The van der Waals surface area contributed by atoms with Crippen molar-refractivity contribution >= 4 is 81.7 Å². The Kier molecular flexibility index (Phi) is 13.6. The first kappa shape index (κ1) is 32.6. The summed E-state index contributed by atoms with van der Waals surface area (Å²) in [6.45, 7) is 9.01. The molecular formula is C27H34Cl4N8O2. The van der Waals surface area contributed by atoms with Crippen LogP contribution in [0.3, 0.4) is 0 Å². The van der Waals surface area contributed by atoms with Gasteiger partial charge in [0.2, 0.25) is 0 Å². The third kappa shape index (κ3) is 10.1. The first-order valence-electron chi connectivity index (χ1n) is 13.4. The van der Waals surface area contributed by atoms with Gasteiger partial charge in [-0.2, -0.15) is 9.97 Å². The Hall–Kier alpha value is -2.92. The van der Waals surface area contributed by atoms with Crippen molar-refractivity contribution in [3.8, 4) is 0 Å². The Morgan fingerprint density at radius 2 is 1.17 bits per heavy atom. The third-order valence-electron chi connectivity index (χ3n) is 5.61. The smallest absolute Gasteiger partial charge is 0.327 e. The topological polar surface area (TPSA) is 117 Å². The molecule has 2 heterocycles. The quantitative estimate of drug-likeness (QED) is 0.123. The molecule has 0 spiro atoms. The standard InChI is InChI=1S/C16H22Cl2N4O.C11H12Cl2N4O/c1-3-5-10-22(11-6-4-2)15-20-16(23-21-15)19-14-12(17)8-7-9-13(14)18;1-2-6-14-10-16-11(18-17-10)15-9-7(12)4-3-5-8(9)13/h7-9H,3-6,10-11H2,1-2H3,(H,19,20,21);3-5H,2,6H2,1H3,(H2,14,15,16,17). The van der Waals surface area contributed by atoms with Crippen molar-refractivity contribution in [3.05, 3.63) is 56.5 Å². The average Bonchev–Trinajstić information content (AvgIpc) is 3.62. The molecule has 0 unspecified atom stereocenters. The van der Waals surface area contributed by atoms with Crippen LogP contribution in [0, 0.1) is 0 Å². The second kappa shape index (κ2) is 17.1. The first-order valence-corrected chi connectivity index (χ1v) is 15.0. The van der Waals surface area contributed by atoms with E-state index in [1.165, 1.54) is 0 Å². The molecule has 4 aromatic rings. The lowest BCUT2D eigenvalue weighted by atomic mass is 10.3. The van der Waals surface area contributed by atoms with E-state index in [2.05, 4.69) is 61.9 Å². The van der Waals surface area contributed by atoms with Crippen LogP contribution in [0.4, 0.5) is 35.3 Å². The van der Waals surface area contributed by atoms with Gasteiger partial charge in [0.05, 0.1) is 31.5 Å². The number of nitrogens with one attached hydrogen (secondary N) is 3. The van der Waals surface area contributed by atoms with Crippen LogP contribution in [0.2, 0.25) is 20.1 Å². The van der Waals surface area contributed by atoms with E-state index in [4.69, 9.17) is 55.4 Å². The molecule has 0 aliphatic heterocycles. The van der Waals surface area contributed by atoms with Gasteiger partial charge in [-0.15, -0.1) is 0 Å². The number of rotatable bonds is 14. The molecule has 0 saturated heterocycles. The van der Waals surface area contributed by atoms with Crippen LogP contribution in [0.15, 0.2) is 45.4 Å². The molecule has 14 heteroatoms. The van der Waals surface area contributed by atoms with E-state index in [9.17, 15) is 0 Å². The number of benzene rings is 2. The van der Waals surface area contributed by atoms with Gasteiger partial charge in [0, 0.05) is 19.6 Å². The molecule has 41 heavy (non-hydrogen) atoms. The van der Waals surface area contributed by atoms with Crippen molar-refractivity contribution in [1.82, 2.24) is 20.3 Å². The molecule has 0 saturated carbocycles. The molecule has 2 aromatic carbocycles. The average molecular weight is 644 g/mol. The summed E-state index contributed by atoms with van der Waals surface area (Å²) in [6.07, 6.45) is 5.42. The molecule has 0 bridgehead atoms. The second-order valence-corrected chi connectivity index (χ2v) is 10.5. The van der Waals surface area contributed by atoms with Crippen LogP contribution < -0.4 is 20.9 Å². The van der Waals surface area contributed by atoms with Crippen LogP contribution in [0.1, 0.15) is 52.9 Å². The number of unbranched alkanes of at least 4 members (excludes halogenated alkanes) is 2. The van der Waals surface area contributed by atoms with Crippen molar-refractivity contribution < 1.29 is 9.05 Å². The molecule has 0 aliphatic carbocycles. The Morgan fingerprint density at radius 1 is 0.683 bits per heavy atom. The zero-order valence-corrected chi connectivity index (χ0v) is 26.2. The number of hydrogen-bond acceptors (Lipinski definition) is 10. The van der Waals surface area contributed by atoms with Gasteiger partial charge in [-0.25, -0.2) is 0 Å². The molecule has 10 nitrogen and oxygen atoms in total. The Balaban J connectivity index is 0.000000232. The molecule has 0 atom stereocenters. The predicted molar refractivity (Wildman–Crippen MR) is 169 cm³/mol. The molecule has 0 fully saturated rings. The molecule has 2 aromatic heterocycles. The summed E-state index contributed by atoms with van der Waals surface area (Å²) < 4.78 is 10.3. The minimum atomic E-state index is 0.239. The van der Waals surface area contributed by atoms with Gasteiger partial charge >= 0.3 is 12.0 Å². The number of aromatic nitrogens is 4. The summed E-state index contributed by atoms with van der Waals surface area (Å²) in [6, 6.07) is 11.0. The summed E-state index contributed by atoms with van der Waals surface area (Å²) in [5.74, 6) is 1.03. The van der Waals surface area contributed by atoms with E-state index in [1.807, 2.05) is 0 Å². The van der Waals surface area contributed by atoms with Crippen molar-refractivity contribution in [2.45, 2.75) is 52.9 Å². The highest BCUT2D eigenvalue weighted by Gasteiger charge is 2.16. The SMILES string of the molecule is CCCCN(CCCC)c1noc(Nc2c(Cl)cccc2Cl)n1.CCCNc1noc(Nc2c(Cl)cccc2Cl)n1. The fraction of sp³-hybridized carbons (Fsp3) is 0.407. The monoisotopic (exact) mass is 642 g/mol. The van der Waals surface area contributed by atoms with E-state index in [0.29, 0.717) is 43.4 Å². The highest BCUT2D eigenvalue weighted by atomic mass is 35.5. The van der Waals surface area contributed by atoms with Crippen LogP contribution in [-0.2, 0) is 0 Å². The lowest BCUT2D eigenvalue weighted by Crippen LogP contribution is -2.26. The van der Waals surface area contributed by atoms with Gasteiger partial charge < -0.3 is 29.9 Å². The van der Waals surface area contributed by atoms with Gasteiger partial charge in [-0.3, -0.25) is 0 Å². The van der Waals surface area contributed by atoms with Crippen LogP contribution in [-0.4, -0.2) is 39.9 Å². The van der Waals surface area contributed by atoms with Crippen molar-refractivity contribution in [2.75, 3.05) is 40.5 Å². The van der Waals surface area contributed by atoms with Crippen LogP contribution >= 0.6 is 46.4 Å². The molecule has 3 N–H and O–H groups in total. The van der Waals surface area contributed by atoms with Crippen molar-refractivity contribution in [1.29, 1.82) is 0 Å². The van der Waals surface area contributed by atoms with Gasteiger partial charge in [-0.05, 0) is 53.8 Å². The van der Waals surface area contributed by atoms with Gasteiger partial charge in [0.1, 0.15) is 0 Å². The van der Waals surface area contributed by atoms with Crippen LogP contribution in [0.5, 0.6) is 0 Å². The Bertz CT molecular complexity index is 1300. The van der Waals surface area contributed by atoms with Crippen LogP contribution in [0.25, 0.3) is 0 Å². The molecule has 0 radical (unpaired) electrons. The summed E-state index contributed by atoms with van der Waals surface area (Å²) in [5.41, 5.74) is 1.12. The van der Waals surface area contributed by atoms with Gasteiger partial charge in [-0.1, -0.05) is 92.1 Å². The van der Waals surface area contributed by atoms with Gasteiger partial charge in [0.15, 0.2) is 0 Å². The molecule has 0 amide bonds. The van der Waals surface area contributed by atoms with E-state index >= 15 is 0 Å². The fourth-order valence-corrected chi connectivity index (χ4v) is 4.42. The summed E-state index contributed by atoms with van der Waals surface area (Å²) in [5, 5.41) is 18.7. The number of para-hydroxylation sites is 2. The zero-order valence-electron chi connectivity index (χ0n) is 23.2. The molecule has 222 valence electrons. The minimum absolute atomic E-state index is 0.239. The Morgan fingerprint density at radius 3 is 1.66 bits per heavy atom. The zero-order chi connectivity index (χ0) is 29.6. The summed E-state index contributed by atoms with van der Waals surface area (Å²) >= 11 is 24.3. The van der Waals surface area contributed by atoms with E-state index < -0.39 is 0 Å². The predicted octanol–water partition coefficient (Wildman–Crippen LogP) is 9.47. The minimum Gasteiger partial charge on any atom is -0.352 e. The Labute approximate surface area is 260 Å². The number of halogens is 4. The van der Waals surface area contributed by atoms with E-state index in [-0.39, 0.29) is 12.0 Å². The molecular weight excluding hydrogens is 610 g/mol. The van der Waals surface area contributed by atoms with Crippen molar-refractivity contribution in [2.24, 2.45) is 0 Å². The molecule has 0 aliphatic rings. The highest BCUT2D eigenvalue weighted by Crippen LogP contribution is 2.33. The van der Waals surface area contributed by atoms with Gasteiger partial charge in [0.25, 0.3) is 11.9 Å². The number of hydrogen-bond donors (Lipinski definition) is 3. The number of nitrogens with zero attached hydrogens (tertiary/aromatic N) is 5. The fourth-order valence-electron chi connectivity index (χ4n) is 3.44. The largest absolute Gasteiger partial charge is 0.352 e. The summed E-state index contributed by atoms with van der Waals surface area (Å²) in [7, 11) is 0. The maximum Gasteiger partial charge on any atom is 0.327 e. The first-order chi connectivity index (χ1) is 19.9. The maximum absolute atomic E-state index is 6.14. The van der Waals surface area contributed by atoms with E-state index in [1.54, 1.807) is 36.4 Å². The lowest BCUT2D eigenvalue weighted by molar-refractivity contribution is 0.431. The second-order valence-electron chi connectivity index (χ2n) is 8.89. The normalized spacial score (nSPS) is 10.6. The highest BCUT2D eigenvalue weighted by molar-refractivity contribution is 6.39. The lowest BCUT2D eigenvalue weighted by Gasteiger charge is -2.19. The number of anilines is 6. The molecule has 4 rings (SSSR count). The summed E-state index contributed by atoms with van der Waals surface area (Å²) in [4.78, 5) is 10.7. The van der Waals surface area contributed by atoms with E-state index in [0.717, 1.165) is 51.7 Å². The van der Waals surface area contributed by atoms with Crippen molar-refractivity contribution in [3.63, 3.8) is 0 Å². The third-order valence-corrected chi connectivity index (χ3v) is 6.87.